The van der Waals surface area contributed by atoms with Crippen LogP contribution in [0.3, 0.4) is 0 Å². The summed E-state index contributed by atoms with van der Waals surface area (Å²) in [6.45, 7) is 1.54. The summed E-state index contributed by atoms with van der Waals surface area (Å²) < 4.78 is 10.6. The zero-order chi connectivity index (χ0) is 17.5. The van der Waals surface area contributed by atoms with E-state index in [2.05, 4.69) is 10.5 Å². The van der Waals surface area contributed by atoms with Crippen molar-refractivity contribution in [2.75, 3.05) is 13.7 Å². The number of benzene rings is 2. The highest BCUT2D eigenvalue weighted by molar-refractivity contribution is 6.32. The fraction of sp³-hybridized carbons (Fsp3) is 0.176. The first-order chi connectivity index (χ1) is 11.5. The lowest BCUT2D eigenvalue weighted by molar-refractivity contribution is -0.123. The van der Waals surface area contributed by atoms with E-state index in [-0.39, 0.29) is 6.61 Å². The van der Waals surface area contributed by atoms with E-state index in [0.29, 0.717) is 32.8 Å². The fourth-order valence-electron chi connectivity index (χ4n) is 1.91. The Morgan fingerprint density at radius 1 is 1.17 bits per heavy atom. The van der Waals surface area contributed by atoms with E-state index >= 15 is 0 Å². The van der Waals surface area contributed by atoms with E-state index in [1.54, 1.807) is 56.5 Å². The summed E-state index contributed by atoms with van der Waals surface area (Å²) in [6.07, 6.45) is 0. The molecule has 2 aromatic carbocycles. The van der Waals surface area contributed by atoms with Crippen LogP contribution in [-0.4, -0.2) is 25.3 Å². The number of para-hydroxylation sites is 1. The van der Waals surface area contributed by atoms with Gasteiger partial charge >= 0.3 is 0 Å². The Kier molecular flexibility index (Phi) is 6.46. The van der Waals surface area contributed by atoms with Gasteiger partial charge in [-0.05, 0) is 37.3 Å². The van der Waals surface area contributed by atoms with E-state index in [1.165, 1.54) is 0 Å². The first kappa shape index (κ1) is 18.1. The van der Waals surface area contributed by atoms with Crippen LogP contribution in [0.4, 0.5) is 0 Å². The maximum Gasteiger partial charge on any atom is 0.277 e. The number of hydrogen-bond acceptors (Lipinski definition) is 4. The number of carbonyl (C=O) groups is 1. The summed E-state index contributed by atoms with van der Waals surface area (Å²) in [5.74, 6) is 0.643. The molecule has 0 spiro atoms. The van der Waals surface area contributed by atoms with Crippen molar-refractivity contribution < 1.29 is 14.3 Å². The number of nitrogens with zero attached hydrogens (tertiary/aromatic N) is 1. The van der Waals surface area contributed by atoms with Crippen molar-refractivity contribution in [2.24, 2.45) is 5.10 Å². The molecule has 24 heavy (non-hydrogen) atoms. The van der Waals surface area contributed by atoms with Crippen molar-refractivity contribution in [3.63, 3.8) is 0 Å². The maximum atomic E-state index is 11.8. The average molecular weight is 367 g/mol. The van der Waals surface area contributed by atoms with Crippen LogP contribution in [0.15, 0.2) is 47.6 Å². The van der Waals surface area contributed by atoms with E-state index in [0.717, 1.165) is 0 Å². The number of amides is 1. The van der Waals surface area contributed by atoms with Gasteiger partial charge < -0.3 is 9.47 Å². The van der Waals surface area contributed by atoms with Gasteiger partial charge in [0.25, 0.3) is 5.91 Å². The van der Waals surface area contributed by atoms with Gasteiger partial charge in [0.15, 0.2) is 6.61 Å². The molecule has 2 rings (SSSR count). The Morgan fingerprint density at radius 3 is 2.62 bits per heavy atom. The highest BCUT2D eigenvalue weighted by atomic mass is 35.5. The quantitative estimate of drug-likeness (QED) is 0.622. The van der Waals surface area contributed by atoms with Crippen molar-refractivity contribution in [3.05, 3.63) is 58.1 Å². The number of nitrogens with one attached hydrogen (secondary N) is 1. The van der Waals surface area contributed by atoms with Crippen LogP contribution in [0.25, 0.3) is 0 Å². The summed E-state index contributed by atoms with van der Waals surface area (Å²) in [5.41, 5.74) is 3.67. The topological polar surface area (TPSA) is 59.9 Å². The van der Waals surface area contributed by atoms with Crippen molar-refractivity contribution >= 4 is 34.8 Å². The van der Waals surface area contributed by atoms with E-state index in [4.69, 9.17) is 32.7 Å². The minimum absolute atomic E-state index is 0.201. The van der Waals surface area contributed by atoms with Gasteiger partial charge in [0.05, 0.1) is 17.8 Å². The van der Waals surface area contributed by atoms with E-state index in [9.17, 15) is 4.79 Å². The molecule has 7 heteroatoms. The third-order valence-electron chi connectivity index (χ3n) is 3.10. The molecule has 1 N–H and O–H groups in total. The Hall–Kier alpha value is -2.24. The number of ether oxygens (including phenoxy) is 2. The summed E-state index contributed by atoms with van der Waals surface area (Å²) in [5, 5.41) is 5.03. The molecular formula is C17H16Cl2N2O3. The third kappa shape index (κ3) is 4.88. The number of hydrogen-bond donors (Lipinski definition) is 1. The second kappa shape index (κ2) is 8.57. The van der Waals surface area contributed by atoms with Crippen LogP contribution in [0.1, 0.15) is 12.5 Å². The summed E-state index contributed by atoms with van der Waals surface area (Å²) in [6, 6.07) is 12.1. The predicted octanol–water partition coefficient (Wildman–Crippen LogP) is 3.92. The van der Waals surface area contributed by atoms with Gasteiger partial charge in [-0.1, -0.05) is 35.3 Å². The Labute approximate surface area is 150 Å². The summed E-state index contributed by atoms with van der Waals surface area (Å²) in [4.78, 5) is 11.8. The predicted molar refractivity (Wildman–Crippen MR) is 95.3 cm³/mol. The molecule has 0 atom stereocenters. The molecule has 0 aliphatic rings. The van der Waals surface area contributed by atoms with Gasteiger partial charge in [0.1, 0.15) is 11.5 Å². The first-order valence-corrected chi connectivity index (χ1v) is 7.81. The Bertz CT molecular complexity index is 763. The SMILES string of the molecule is COc1ccc(Cl)cc1/C(C)=N\NC(=O)COc1ccccc1Cl. The molecule has 0 aliphatic heterocycles. The molecule has 0 unspecified atom stereocenters. The van der Waals surface area contributed by atoms with Crippen molar-refractivity contribution in [3.8, 4) is 11.5 Å². The molecule has 126 valence electrons. The summed E-state index contributed by atoms with van der Waals surface area (Å²) in [7, 11) is 1.55. The molecule has 0 bridgehead atoms. The molecule has 0 saturated carbocycles. The van der Waals surface area contributed by atoms with Crippen LogP contribution < -0.4 is 14.9 Å². The second-order valence-corrected chi connectivity index (χ2v) is 5.64. The molecule has 0 aromatic heterocycles. The Morgan fingerprint density at radius 2 is 1.92 bits per heavy atom. The van der Waals surface area contributed by atoms with E-state index in [1.807, 2.05) is 0 Å². The van der Waals surface area contributed by atoms with Gasteiger partial charge in [0.2, 0.25) is 0 Å². The minimum atomic E-state index is -0.407. The average Bonchev–Trinajstić information content (AvgIpc) is 2.59. The normalized spacial score (nSPS) is 11.1. The molecule has 0 aliphatic carbocycles. The molecule has 0 saturated heterocycles. The minimum Gasteiger partial charge on any atom is -0.496 e. The third-order valence-corrected chi connectivity index (χ3v) is 3.64. The molecule has 1 amide bonds. The molecular weight excluding hydrogens is 351 g/mol. The summed E-state index contributed by atoms with van der Waals surface area (Å²) >= 11 is 11.9. The highest BCUT2D eigenvalue weighted by Crippen LogP contribution is 2.24. The van der Waals surface area contributed by atoms with Gasteiger partial charge in [0, 0.05) is 10.6 Å². The number of methoxy groups -OCH3 is 1. The van der Waals surface area contributed by atoms with Crippen LogP contribution in [0.2, 0.25) is 10.0 Å². The number of rotatable bonds is 6. The lowest BCUT2D eigenvalue weighted by Crippen LogP contribution is -2.25. The molecule has 0 radical (unpaired) electrons. The van der Waals surface area contributed by atoms with Crippen LogP contribution in [0.5, 0.6) is 11.5 Å². The van der Waals surface area contributed by atoms with Crippen LogP contribution >= 0.6 is 23.2 Å². The smallest absolute Gasteiger partial charge is 0.277 e. The zero-order valence-electron chi connectivity index (χ0n) is 13.2. The van der Waals surface area contributed by atoms with Crippen LogP contribution in [-0.2, 0) is 4.79 Å². The highest BCUT2D eigenvalue weighted by Gasteiger charge is 2.09. The lowest BCUT2D eigenvalue weighted by Gasteiger charge is -2.09. The van der Waals surface area contributed by atoms with Gasteiger partial charge in [-0.2, -0.15) is 5.10 Å². The maximum absolute atomic E-state index is 11.8. The molecule has 5 nitrogen and oxygen atoms in total. The standard InChI is InChI=1S/C17H16Cl2N2O3/c1-11(13-9-12(18)7-8-15(13)23-2)20-21-17(22)10-24-16-6-4-3-5-14(16)19/h3-9H,10H2,1-2H3,(H,21,22)/b20-11-. The molecule has 0 fully saturated rings. The monoisotopic (exact) mass is 366 g/mol. The van der Waals surface area contributed by atoms with Crippen LogP contribution in [0, 0.1) is 0 Å². The molecule has 0 heterocycles. The first-order valence-electron chi connectivity index (χ1n) is 7.05. The lowest BCUT2D eigenvalue weighted by atomic mass is 10.1. The fourth-order valence-corrected chi connectivity index (χ4v) is 2.27. The van der Waals surface area contributed by atoms with Crippen molar-refractivity contribution in [2.45, 2.75) is 6.92 Å². The van der Waals surface area contributed by atoms with E-state index < -0.39 is 5.91 Å². The number of carbonyl (C=O) groups excluding carboxylic acids is 1. The number of hydrazone groups is 1. The van der Waals surface area contributed by atoms with Crippen molar-refractivity contribution in [1.29, 1.82) is 0 Å². The second-order valence-electron chi connectivity index (χ2n) is 4.80. The number of halogens is 2. The molecule has 2 aromatic rings. The largest absolute Gasteiger partial charge is 0.496 e. The zero-order valence-corrected chi connectivity index (χ0v) is 14.7. The van der Waals surface area contributed by atoms with Gasteiger partial charge in [-0.3, -0.25) is 4.79 Å². The van der Waals surface area contributed by atoms with Crippen molar-refractivity contribution in [1.82, 2.24) is 5.43 Å². The van der Waals surface area contributed by atoms with Gasteiger partial charge in [-0.25, -0.2) is 5.43 Å². The van der Waals surface area contributed by atoms with Gasteiger partial charge in [-0.15, -0.1) is 0 Å². The Balaban J connectivity index is 1.98.